The molecule has 0 saturated carbocycles. The lowest BCUT2D eigenvalue weighted by atomic mass is 10.1. The predicted octanol–water partition coefficient (Wildman–Crippen LogP) is 4.66. The van der Waals surface area contributed by atoms with Gasteiger partial charge in [0.05, 0.1) is 4.90 Å². The van der Waals surface area contributed by atoms with Gasteiger partial charge in [-0.1, -0.05) is 23.8 Å². The number of benzene rings is 2. The maximum absolute atomic E-state index is 13.5. The molecule has 0 radical (unpaired) electrons. The Morgan fingerprint density at radius 1 is 1.07 bits per heavy atom. The predicted molar refractivity (Wildman–Crippen MR) is 108 cm³/mol. The van der Waals surface area contributed by atoms with Crippen molar-refractivity contribution in [3.8, 4) is 0 Å². The Morgan fingerprint density at radius 3 is 2.21 bits per heavy atom. The number of hydrogen-bond donors (Lipinski definition) is 2. The molecule has 2 N–H and O–H groups in total. The van der Waals surface area contributed by atoms with Crippen molar-refractivity contribution in [2.24, 2.45) is 0 Å². The van der Waals surface area contributed by atoms with Crippen LogP contribution in [0.3, 0.4) is 0 Å². The fourth-order valence-electron chi connectivity index (χ4n) is 3.01. The van der Waals surface area contributed by atoms with E-state index in [4.69, 9.17) is 0 Å². The maximum atomic E-state index is 13.5. The molecule has 0 aliphatic rings. The lowest BCUT2D eigenvalue weighted by molar-refractivity contribution is -0.148. The molecule has 9 heteroatoms. The van der Waals surface area contributed by atoms with Crippen molar-refractivity contribution in [3.63, 3.8) is 0 Å². The Hall–Kier alpha value is -1.71. The van der Waals surface area contributed by atoms with Crippen LogP contribution in [0.4, 0.5) is 18.9 Å². The molecule has 0 bridgehead atoms. The van der Waals surface area contributed by atoms with E-state index in [0.717, 1.165) is 10.5 Å². The normalized spacial score (nSPS) is 13.4. The third-order valence-corrected chi connectivity index (χ3v) is 6.65. The highest BCUT2D eigenvalue weighted by molar-refractivity contribution is 7.98. The maximum Gasteiger partial charge on any atom is 0.406 e. The van der Waals surface area contributed by atoms with Crippen LogP contribution in [0.25, 0.3) is 0 Å². The molecule has 2 aromatic rings. The van der Waals surface area contributed by atoms with Crippen molar-refractivity contribution in [1.82, 2.24) is 4.72 Å². The minimum Gasteiger partial charge on any atom is -0.383 e. The molecule has 1 atom stereocenters. The van der Waals surface area contributed by atoms with Crippen LogP contribution in [-0.2, 0) is 10.0 Å². The van der Waals surface area contributed by atoms with Gasteiger partial charge >= 0.3 is 6.18 Å². The van der Waals surface area contributed by atoms with Crippen LogP contribution in [0, 0.1) is 20.8 Å². The second-order valence-corrected chi connectivity index (χ2v) is 9.09. The summed E-state index contributed by atoms with van der Waals surface area (Å²) in [6, 6.07) is 7.90. The van der Waals surface area contributed by atoms with Gasteiger partial charge in [-0.3, -0.25) is 0 Å². The summed E-state index contributed by atoms with van der Waals surface area (Å²) in [5.41, 5.74) is 2.15. The topological polar surface area (TPSA) is 58.2 Å². The van der Waals surface area contributed by atoms with E-state index in [2.05, 4.69) is 5.32 Å². The SMILES string of the molecule is CSc1cccc(NCC(NS(=O)(=O)c2c(C)cc(C)cc2C)C(F)(F)F)c1. The largest absolute Gasteiger partial charge is 0.406 e. The second-order valence-electron chi connectivity index (χ2n) is 6.56. The molecule has 0 spiro atoms. The molecule has 0 amide bonds. The first kappa shape index (κ1) is 22.6. The van der Waals surface area contributed by atoms with Gasteiger partial charge in [0, 0.05) is 17.1 Å². The highest BCUT2D eigenvalue weighted by Gasteiger charge is 2.42. The highest BCUT2D eigenvalue weighted by atomic mass is 32.2. The number of sulfonamides is 1. The lowest BCUT2D eigenvalue weighted by Gasteiger charge is -2.23. The molecule has 0 aliphatic heterocycles. The Bertz CT molecular complexity index is 921. The van der Waals surface area contributed by atoms with Crippen LogP contribution < -0.4 is 10.0 Å². The molecule has 2 rings (SSSR count). The van der Waals surface area contributed by atoms with Crippen molar-refractivity contribution < 1.29 is 21.6 Å². The van der Waals surface area contributed by atoms with Crippen LogP contribution in [-0.4, -0.2) is 33.4 Å². The van der Waals surface area contributed by atoms with Crippen molar-refractivity contribution in [2.75, 3.05) is 18.1 Å². The molecule has 0 fully saturated rings. The summed E-state index contributed by atoms with van der Waals surface area (Å²) in [5, 5.41) is 2.68. The van der Waals surface area contributed by atoms with Gasteiger partial charge < -0.3 is 5.32 Å². The van der Waals surface area contributed by atoms with Crippen LogP contribution in [0.5, 0.6) is 0 Å². The van der Waals surface area contributed by atoms with E-state index >= 15 is 0 Å². The zero-order chi connectivity index (χ0) is 21.1. The van der Waals surface area contributed by atoms with E-state index in [1.54, 1.807) is 51.1 Å². The summed E-state index contributed by atoms with van der Waals surface area (Å²) in [5.74, 6) is 0. The van der Waals surface area contributed by atoms with Gasteiger partial charge in [0.1, 0.15) is 6.04 Å². The van der Waals surface area contributed by atoms with Gasteiger partial charge in [-0.2, -0.15) is 17.9 Å². The molecule has 0 aliphatic carbocycles. The first-order valence-corrected chi connectivity index (χ1v) is 11.2. The molecule has 4 nitrogen and oxygen atoms in total. The Morgan fingerprint density at radius 2 is 1.68 bits per heavy atom. The van der Waals surface area contributed by atoms with E-state index in [0.29, 0.717) is 16.8 Å². The van der Waals surface area contributed by atoms with Crippen molar-refractivity contribution in [1.29, 1.82) is 0 Å². The molecule has 154 valence electrons. The molecule has 0 aromatic heterocycles. The van der Waals surface area contributed by atoms with E-state index in [9.17, 15) is 21.6 Å². The minimum absolute atomic E-state index is 0.114. The summed E-state index contributed by atoms with van der Waals surface area (Å²) >= 11 is 1.46. The lowest BCUT2D eigenvalue weighted by Crippen LogP contribution is -2.49. The number of hydrogen-bond acceptors (Lipinski definition) is 4. The quantitative estimate of drug-likeness (QED) is 0.625. The van der Waals surface area contributed by atoms with E-state index in [-0.39, 0.29) is 4.90 Å². The fraction of sp³-hybridized carbons (Fsp3) is 0.368. The number of aryl methyl sites for hydroxylation is 3. The molecule has 2 aromatic carbocycles. The number of thioether (sulfide) groups is 1. The van der Waals surface area contributed by atoms with Crippen LogP contribution in [0.15, 0.2) is 46.2 Å². The van der Waals surface area contributed by atoms with E-state index in [1.807, 2.05) is 17.0 Å². The van der Waals surface area contributed by atoms with Crippen molar-refractivity contribution in [3.05, 3.63) is 53.1 Å². The second kappa shape index (κ2) is 8.75. The Balaban J connectivity index is 2.27. The number of anilines is 1. The number of nitrogens with one attached hydrogen (secondary N) is 2. The number of rotatable bonds is 7. The molecule has 0 heterocycles. The zero-order valence-electron chi connectivity index (χ0n) is 16.0. The van der Waals surface area contributed by atoms with Crippen LogP contribution in [0.1, 0.15) is 16.7 Å². The molecular weight excluding hydrogens is 409 g/mol. The smallest absolute Gasteiger partial charge is 0.383 e. The van der Waals surface area contributed by atoms with Crippen LogP contribution >= 0.6 is 11.8 Å². The average Bonchev–Trinajstić information content (AvgIpc) is 2.56. The summed E-state index contributed by atoms with van der Waals surface area (Å²) in [6.07, 6.45) is -2.89. The summed E-state index contributed by atoms with van der Waals surface area (Å²) in [4.78, 5) is 0.775. The Kier molecular flexibility index (Phi) is 7.06. The number of halogens is 3. The number of alkyl halides is 3. The van der Waals surface area contributed by atoms with Gasteiger partial charge in [-0.15, -0.1) is 11.8 Å². The third-order valence-electron chi connectivity index (χ3n) is 4.15. The Labute approximate surface area is 168 Å². The van der Waals surface area contributed by atoms with E-state index < -0.39 is 28.8 Å². The van der Waals surface area contributed by atoms with E-state index in [1.165, 1.54) is 11.8 Å². The summed E-state index contributed by atoms with van der Waals surface area (Å²) in [7, 11) is -4.35. The average molecular weight is 433 g/mol. The van der Waals surface area contributed by atoms with Gasteiger partial charge in [0.25, 0.3) is 0 Å². The van der Waals surface area contributed by atoms with Gasteiger partial charge in [0.15, 0.2) is 0 Å². The standard InChI is InChI=1S/C19H23F3N2O2S2/c1-12-8-13(2)18(14(3)9-12)28(25,26)24-17(19(20,21)22)11-23-15-6-5-7-16(10-15)27-4/h5-10,17,23-24H,11H2,1-4H3. The molecule has 1 unspecified atom stereocenters. The van der Waals surface area contributed by atoms with Gasteiger partial charge in [-0.05, 0) is 56.4 Å². The fourth-order valence-corrected chi connectivity index (χ4v) is 5.15. The van der Waals surface area contributed by atoms with Crippen molar-refractivity contribution in [2.45, 2.75) is 42.8 Å². The van der Waals surface area contributed by atoms with Crippen LogP contribution in [0.2, 0.25) is 0 Å². The van der Waals surface area contributed by atoms with Gasteiger partial charge in [-0.25, -0.2) is 8.42 Å². The minimum atomic E-state index is -4.75. The molecular formula is C19H23F3N2O2S2. The summed E-state index contributed by atoms with van der Waals surface area (Å²) in [6.45, 7) is 4.33. The molecule has 0 saturated heterocycles. The highest BCUT2D eigenvalue weighted by Crippen LogP contribution is 2.26. The zero-order valence-corrected chi connectivity index (χ0v) is 17.6. The monoisotopic (exact) mass is 432 g/mol. The first-order chi connectivity index (χ1) is 12.9. The third kappa shape index (κ3) is 5.65. The van der Waals surface area contributed by atoms with Crippen molar-refractivity contribution >= 4 is 27.5 Å². The summed E-state index contributed by atoms with van der Waals surface area (Å²) < 4.78 is 67.8. The van der Waals surface area contributed by atoms with Gasteiger partial charge in [0.2, 0.25) is 10.0 Å². The first-order valence-electron chi connectivity index (χ1n) is 8.49. The molecule has 28 heavy (non-hydrogen) atoms.